The molecule has 0 bridgehead atoms. The van der Waals surface area contributed by atoms with Crippen LogP contribution in [0.5, 0.6) is 0 Å². The summed E-state index contributed by atoms with van der Waals surface area (Å²) in [6.45, 7) is 1.96. The van der Waals surface area contributed by atoms with E-state index in [1.807, 2.05) is 30.3 Å². The van der Waals surface area contributed by atoms with E-state index in [9.17, 15) is 14.4 Å². The Kier molecular flexibility index (Phi) is 7.33. The third-order valence-corrected chi connectivity index (χ3v) is 6.20. The number of ether oxygens (including phenoxy) is 1. The summed E-state index contributed by atoms with van der Waals surface area (Å²) in [6.07, 6.45) is 0. The first-order valence-electron chi connectivity index (χ1n) is 9.12. The Morgan fingerprint density at radius 3 is 2.39 bits per heavy atom. The fraction of sp³-hybridized carbons (Fsp3) is 0.136. The molecule has 31 heavy (non-hydrogen) atoms. The van der Waals surface area contributed by atoms with Crippen molar-refractivity contribution in [1.82, 2.24) is 5.32 Å². The number of benzene rings is 2. The summed E-state index contributed by atoms with van der Waals surface area (Å²) in [5.41, 5.74) is 1.66. The van der Waals surface area contributed by atoms with Crippen LogP contribution in [0.1, 0.15) is 41.5 Å². The summed E-state index contributed by atoms with van der Waals surface area (Å²) in [5.74, 6) is -1.56. The smallest absolute Gasteiger partial charge is 0.341 e. The maximum atomic E-state index is 12.8. The second kappa shape index (κ2) is 9.96. The SMILES string of the molecule is COC(=O)c1c(NC(=O)c2ccc(Cl)cc2Cl)sc(C(=O)NCc2ccccc2)c1C. The van der Waals surface area contributed by atoms with Crippen LogP contribution in [0.15, 0.2) is 48.5 Å². The first-order chi connectivity index (χ1) is 14.8. The molecule has 160 valence electrons. The number of thiophene rings is 1. The summed E-state index contributed by atoms with van der Waals surface area (Å²) < 4.78 is 4.85. The minimum Gasteiger partial charge on any atom is -0.465 e. The van der Waals surface area contributed by atoms with Gasteiger partial charge in [-0.25, -0.2) is 4.79 Å². The molecule has 9 heteroatoms. The monoisotopic (exact) mass is 476 g/mol. The van der Waals surface area contributed by atoms with E-state index in [4.69, 9.17) is 27.9 Å². The molecule has 1 heterocycles. The summed E-state index contributed by atoms with van der Waals surface area (Å²) in [7, 11) is 1.23. The molecule has 0 unspecified atom stereocenters. The maximum Gasteiger partial charge on any atom is 0.341 e. The molecule has 0 saturated carbocycles. The van der Waals surface area contributed by atoms with Crippen LogP contribution in [0, 0.1) is 6.92 Å². The molecule has 0 aliphatic rings. The van der Waals surface area contributed by atoms with Crippen LogP contribution in [0.2, 0.25) is 10.0 Å². The van der Waals surface area contributed by atoms with E-state index in [0.717, 1.165) is 16.9 Å². The fourth-order valence-electron chi connectivity index (χ4n) is 2.87. The number of carbonyl (C=O) groups excluding carboxylic acids is 3. The molecule has 2 amide bonds. The number of anilines is 1. The van der Waals surface area contributed by atoms with Gasteiger partial charge in [-0.15, -0.1) is 11.3 Å². The zero-order valence-electron chi connectivity index (χ0n) is 16.6. The molecule has 0 saturated heterocycles. The molecule has 0 fully saturated rings. The molecule has 0 radical (unpaired) electrons. The highest BCUT2D eigenvalue weighted by atomic mass is 35.5. The van der Waals surface area contributed by atoms with E-state index in [2.05, 4.69) is 10.6 Å². The Labute approximate surface area is 193 Å². The van der Waals surface area contributed by atoms with Crippen LogP contribution in [-0.2, 0) is 11.3 Å². The zero-order valence-corrected chi connectivity index (χ0v) is 19.0. The van der Waals surface area contributed by atoms with Crippen molar-refractivity contribution in [3.63, 3.8) is 0 Å². The second-order valence-corrected chi connectivity index (χ2v) is 8.36. The van der Waals surface area contributed by atoms with E-state index < -0.39 is 11.9 Å². The van der Waals surface area contributed by atoms with E-state index in [1.165, 1.54) is 25.3 Å². The Morgan fingerprint density at radius 2 is 1.74 bits per heavy atom. The number of carbonyl (C=O) groups is 3. The highest BCUT2D eigenvalue weighted by Gasteiger charge is 2.27. The molecule has 2 N–H and O–H groups in total. The van der Waals surface area contributed by atoms with Gasteiger partial charge < -0.3 is 15.4 Å². The summed E-state index contributed by atoms with van der Waals surface area (Å²) in [4.78, 5) is 38.1. The lowest BCUT2D eigenvalue weighted by Crippen LogP contribution is -2.22. The molecule has 2 aromatic carbocycles. The highest BCUT2D eigenvalue weighted by Crippen LogP contribution is 2.34. The van der Waals surface area contributed by atoms with Gasteiger partial charge in [0.1, 0.15) is 5.00 Å². The van der Waals surface area contributed by atoms with Gasteiger partial charge in [-0.2, -0.15) is 0 Å². The number of amides is 2. The number of methoxy groups -OCH3 is 1. The van der Waals surface area contributed by atoms with Crippen LogP contribution in [0.25, 0.3) is 0 Å². The molecule has 0 aliphatic carbocycles. The van der Waals surface area contributed by atoms with Crippen molar-refractivity contribution in [2.24, 2.45) is 0 Å². The number of rotatable bonds is 6. The van der Waals surface area contributed by atoms with Crippen molar-refractivity contribution in [3.8, 4) is 0 Å². The standard InChI is InChI=1S/C22H18Cl2N2O4S/c1-12-17(22(29)30-2)21(26-19(27)15-9-8-14(23)10-16(15)24)31-18(12)20(28)25-11-13-6-4-3-5-7-13/h3-10H,11H2,1-2H3,(H,25,28)(H,26,27). The molecule has 3 aromatic rings. The highest BCUT2D eigenvalue weighted by molar-refractivity contribution is 7.18. The van der Waals surface area contributed by atoms with Crippen molar-refractivity contribution in [2.75, 3.05) is 12.4 Å². The number of halogens is 2. The minimum atomic E-state index is -0.659. The lowest BCUT2D eigenvalue weighted by Gasteiger charge is -2.07. The topological polar surface area (TPSA) is 84.5 Å². The van der Waals surface area contributed by atoms with Crippen molar-refractivity contribution in [1.29, 1.82) is 0 Å². The van der Waals surface area contributed by atoms with Gasteiger partial charge in [0.2, 0.25) is 0 Å². The van der Waals surface area contributed by atoms with Gasteiger partial charge >= 0.3 is 5.97 Å². The fourth-order valence-corrected chi connectivity index (χ4v) is 4.47. The molecule has 6 nitrogen and oxygen atoms in total. The van der Waals surface area contributed by atoms with Crippen LogP contribution in [-0.4, -0.2) is 24.9 Å². The lowest BCUT2D eigenvalue weighted by molar-refractivity contribution is 0.0601. The first kappa shape index (κ1) is 22.8. The van der Waals surface area contributed by atoms with Crippen molar-refractivity contribution < 1.29 is 19.1 Å². The van der Waals surface area contributed by atoms with Crippen molar-refractivity contribution in [3.05, 3.63) is 85.7 Å². The summed E-state index contributed by atoms with van der Waals surface area (Å²) >= 11 is 13.0. The third-order valence-electron chi connectivity index (χ3n) is 4.44. The largest absolute Gasteiger partial charge is 0.465 e. The summed E-state index contributed by atoms with van der Waals surface area (Å²) in [6, 6.07) is 13.9. The van der Waals surface area contributed by atoms with Gasteiger partial charge in [-0.05, 0) is 36.2 Å². The number of nitrogens with one attached hydrogen (secondary N) is 2. The molecule has 0 aliphatic heterocycles. The van der Waals surface area contributed by atoms with E-state index in [-0.39, 0.29) is 27.1 Å². The van der Waals surface area contributed by atoms with Crippen LogP contribution >= 0.6 is 34.5 Å². The van der Waals surface area contributed by atoms with Gasteiger partial charge in [-0.1, -0.05) is 53.5 Å². The van der Waals surface area contributed by atoms with Gasteiger partial charge in [-0.3, -0.25) is 9.59 Å². The van der Waals surface area contributed by atoms with E-state index in [0.29, 0.717) is 22.0 Å². The van der Waals surface area contributed by atoms with Crippen molar-refractivity contribution in [2.45, 2.75) is 13.5 Å². The average Bonchev–Trinajstić information content (AvgIpc) is 3.07. The van der Waals surface area contributed by atoms with Crippen LogP contribution < -0.4 is 10.6 Å². The second-order valence-electron chi connectivity index (χ2n) is 6.50. The molecule has 1 aromatic heterocycles. The van der Waals surface area contributed by atoms with Crippen molar-refractivity contribution >= 4 is 57.3 Å². The minimum absolute atomic E-state index is 0.121. The summed E-state index contributed by atoms with van der Waals surface area (Å²) in [5, 5.41) is 6.24. The average molecular weight is 477 g/mol. The molecule has 3 rings (SSSR count). The van der Waals surface area contributed by atoms with Gasteiger partial charge in [0.25, 0.3) is 11.8 Å². The normalized spacial score (nSPS) is 10.5. The zero-order chi connectivity index (χ0) is 22.5. The Balaban J connectivity index is 1.88. The van der Waals surface area contributed by atoms with Gasteiger partial charge in [0.05, 0.1) is 28.1 Å². The molecular weight excluding hydrogens is 459 g/mol. The number of hydrogen-bond donors (Lipinski definition) is 2. The number of esters is 1. The first-order valence-corrected chi connectivity index (χ1v) is 10.7. The quantitative estimate of drug-likeness (QED) is 0.470. The van der Waals surface area contributed by atoms with E-state index in [1.54, 1.807) is 6.92 Å². The van der Waals surface area contributed by atoms with Crippen LogP contribution in [0.4, 0.5) is 5.00 Å². The van der Waals surface area contributed by atoms with Crippen LogP contribution in [0.3, 0.4) is 0 Å². The molecule has 0 spiro atoms. The lowest BCUT2D eigenvalue weighted by atomic mass is 10.1. The predicted octanol–water partition coefficient (Wildman–Crippen LogP) is 5.33. The Hall–Kier alpha value is -2.87. The Morgan fingerprint density at radius 1 is 1.03 bits per heavy atom. The Bertz CT molecular complexity index is 1150. The van der Waals surface area contributed by atoms with Gasteiger partial charge in [0.15, 0.2) is 0 Å². The van der Waals surface area contributed by atoms with E-state index >= 15 is 0 Å². The molecular formula is C22H18Cl2N2O4S. The molecule has 0 atom stereocenters. The maximum absolute atomic E-state index is 12.8. The predicted molar refractivity (Wildman–Crippen MR) is 122 cm³/mol. The number of hydrogen-bond acceptors (Lipinski definition) is 5. The third kappa shape index (κ3) is 5.25. The van der Waals surface area contributed by atoms with Gasteiger partial charge in [0, 0.05) is 11.6 Å².